The number of carbonyl (C=O) groups is 1. The third-order valence-electron chi connectivity index (χ3n) is 5.78. The number of carbonyl (C=O) groups excluding carboxylic acids is 1. The SMILES string of the molecule is CC(=O)[C@@H]1CCCC[C@@H]1[Si](C)(c1ccccc1)c1ccccc1. The molecule has 0 N–H and O–H groups in total. The predicted molar refractivity (Wildman–Crippen MR) is 100 cm³/mol. The number of benzene rings is 2. The zero-order chi connectivity index (χ0) is 16.3. The molecular formula is C21H26OSi. The Bertz CT molecular complexity index is 611. The molecule has 120 valence electrons. The minimum absolute atomic E-state index is 0.237. The molecule has 2 aromatic rings. The van der Waals surface area contributed by atoms with Gasteiger partial charge in [0.15, 0.2) is 0 Å². The van der Waals surface area contributed by atoms with Crippen molar-refractivity contribution in [3.05, 3.63) is 60.7 Å². The molecule has 1 aliphatic rings. The van der Waals surface area contributed by atoms with Crippen molar-refractivity contribution in [1.82, 2.24) is 0 Å². The van der Waals surface area contributed by atoms with Gasteiger partial charge in [-0.15, -0.1) is 0 Å². The molecule has 2 aromatic carbocycles. The molecule has 0 amide bonds. The number of hydrogen-bond acceptors (Lipinski definition) is 1. The van der Waals surface area contributed by atoms with Gasteiger partial charge in [0.1, 0.15) is 13.9 Å². The number of hydrogen-bond donors (Lipinski definition) is 0. The third-order valence-corrected chi connectivity index (χ3v) is 11.0. The van der Waals surface area contributed by atoms with E-state index in [1.807, 2.05) is 0 Å². The van der Waals surface area contributed by atoms with Crippen molar-refractivity contribution >= 4 is 24.2 Å². The van der Waals surface area contributed by atoms with Gasteiger partial charge in [-0.3, -0.25) is 4.79 Å². The highest BCUT2D eigenvalue weighted by Gasteiger charge is 2.45. The molecule has 0 heterocycles. The standard InChI is InChI=1S/C21H26OSi/c1-17(22)20-15-9-10-16-21(20)23(2,18-11-5-3-6-12-18)19-13-7-4-8-14-19/h3-8,11-14,20-21H,9-10,15-16H2,1-2H3/t20-,21-/m0/s1. The fourth-order valence-corrected chi connectivity index (χ4v) is 9.42. The van der Waals surface area contributed by atoms with Crippen LogP contribution in [0.4, 0.5) is 0 Å². The Balaban J connectivity index is 2.14. The maximum Gasteiger partial charge on any atom is 0.132 e. The third kappa shape index (κ3) is 3.05. The zero-order valence-electron chi connectivity index (χ0n) is 14.2. The van der Waals surface area contributed by atoms with Crippen LogP contribution in [0.25, 0.3) is 0 Å². The van der Waals surface area contributed by atoms with Crippen molar-refractivity contribution in [1.29, 1.82) is 0 Å². The first-order valence-electron chi connectivity index (χ1n) is 8.75. The van der Waals surface area contributed by atoms with Crippen LogP contribution < -0.4 is 10.4 Å². The first-order valence-corrected chi connectivity index (χ1v) is 11.3. The topological polar surface area (TPSA) is 17.1 Å². The van der Waals surface area contributed by atoms with Gasteiger partial charge >= 0.3 is 0 Å². The van der Waals surface area contributed by atoms with E-state index in [-0.39, 0.29) is 5.92 Å². The van der Waals surface area contributed by atoms with Gasteiger partial charge in [0.2, 0.25) is 0 Å². The largest absolute Gasteiger partial charge is 0.300 e. The summed E-state index contributed by atoms with van der Waals surface area (Å²) in [6.45, 7) is 4.28. The molecule has 0 saturated heterocycles. The Morgan fingerprint density at radius 2 is 1.35 bits per heavy atom. The fraction of sp³-hybridized carbons (Fsp3) is 0.381. The van der Waals surface area contributed by atoms with Crippen molar-refractivity contribution in [3.8, 4) is 0 Å². The average molecular weight is 323 g/mol. The molecule has 0 spiro atoms. The van der Waals surface area contributed by atoms with Gasteiger partial charge in [-0.2, -0.15) is 0 Å². The van der Waals surface area contributed by atoms with E-state index in [9.17, 15) is 4.79 Å². The molecule has 0 unspecified atom stereocenters. The van der Waals surface area contributed by atoms with Crippen LogP contribution in [0.5, 0.6) is 0 Å². The lowest BCUT2D eigenvalue weighted by Crippen LogP contribution is -2.61. The van der Waals surface area contributed by atoms with E-state index in [1.54, 1.807) is 6.92 Å². The quantitative estimate of drug-likeness (QED) is 0.777. The van der Waals surface area contributed by atoms with Crippen molar-refractivity contribution in [2.24, 2.45) is 5.92 Å². The number of ketones is 1. The van der Waals surface area contributed by atoms with E-state index in [0.29, 0.717) is 11.3 Å². The van der Waals surface area contributed by atoms with Crippen LogP contribution in [0.1, 0.15) is 32.6 Å². The summed E-state index contributed by atoms with van der Waals surface area (Å²) >= 11 is 0. The summed E-state index contributed by atoms with van der Waals surface area (Å²) in [6.07, 6.45) is 4.73. The van der Waals surface area contributed by atoms with Crippen molar-refractivity contribution in [3.63, 3.8) is 0 Å². The van der Waals surface area contributed by atoms with Gasteiger partial charge in [-0.25, -0.2) is 0 Å². The van der Waals surface area contributed by atoms with E-state index in [0.717, 1.165) is 6.42 Å². The van der Waals surface area contributed by atoms with Gasteiger partial charge in [-0.1, -0.05) is 96.8 Å². The van der Waals surface area contributed by atoms with Crippen LogP contribution in [-0.4, -0.2) is 13.9 Å². The summed E-state index contributed by atoms with van der Waals surface area (Å²) in [7, 11) is -1.95. The summed E-state index contributed by atoms with van der Waals surface area (Å²) in [5, 5.41) is 2.92. The Hall–Kier alpha value is -1.67. The second-order valence-corrected chi connectivity index (χ2v) is 11.3. The summed E-state index contributed by atoms with van der Waals surface area (Å²) in [5.41, 5.74) is 0.513. The maximum atomic E-state index is 12.3. The zero-order valence-corrected chi connectivity index (χ0v) is 15.2. The van der Waals surface area contributed by atoms with Gasteiger partial charge in [0.05, 0.1) is 0 Å². The Labute approximate surface area is 140 Å². The summed E-state index contributed by atoms with van der Waals surface area (Å²) in [6, 6.07) is 21.9. The first kappa shape index (κ1) is 16.2. The van der Waals surface area contributed by atoms with Crippen LogP contribution in [0.15, 0.2) is 60.7 Å². The molecule has 1 saturated carbocycles. The van der Waals surface area contributed by atoms with E-state index < -0.39 is 8.07 Å². The minimum atomic E-state index is -1.95. The molecule has 0 aromatic heterocycles. The smallest absolute Gasteiger partial charge is 0.132 e. The maximum absolute atomic E-state index is 12.3. The fourth-order valence-electron chi connectivity index (χ4n) is 4.47. The lowest BCUT2D eigenvalue weighted by Gasteiger charge is -2.43. The normalized spacial score (nSPS) is 21.8. The lowest BCUT2D eigenvalue weighted by atomic mass is 9.86. The minimum Gasteiger partial charge on any atom is -0.300 e. The van der Waals surface area contributed by atoms with E-state index >= 15 is 0 Å². The van der Waals surface area contributed by atoms with Crippen molar-refractivity contribution in [2.45, 2.75) is 44.7 Å². The van der Waals surface area contributed by atoms with E-state index in [1.165, 1.54) is 29.6 Å². The molecular weight excluding hydrogens is 296 g/mol. The van der Waals surface area contributed by atoms with Crippen LogP contribution in [-0.2, 0) is 4.79 Å². The van der Waals surface area contributed by atoms with Gasteiger partial charge < -0.3 is 0 Å². The Morgan fingerprint density at radius 3 is 1.83 bits per heavy atom. The molecule has 1 aliphatic carbocycles. The Morgan fingerprint density at radius 1 is 0.870 bits per heavy atom. The average Bonchev–Trinajstić information content (AvgIpc) is 2.62. The molecule has 0 radical (unpaired) electrons. The molecule has 0 aliphatic heterocycles. The van der Waals surface area contributed by atoms with Crippen LogP contribution in [0.2, 0.25) is 12.1 Å². The summed E-state index contributed by atoms with van der Waals surface area (Å²) < 4.78 is 0. The van der Waals surface area contributed by atoms with Gasteiger partial charge in [-0.05, 0) is 18.9 Å². The highest BCUT2D eigenvalue weighted by molar-refractivity contribution is 7.02. The van der Waals surface area contributed by atoms with E-state index in [2.05, 4.69) is 67.2 Å². The first-order chi connectivity index (χ1) is 11.1. The lowest BCUT2D eigenvalue weighted by molar-refractivity contribution is -0.121. The van der Waals surface area contributed by atoms with Crippen molar-refractivity contribution < 1.29 is 4.79 Å². The molecule has 0 bridgehead atoms. The number of Topliss-reactive ketones (excluding diaryl/α,β-unsaturated/α-hetero) is 1. The molecule has 1 nitrogen and oxygen atoms in total. The number of rotatable bonds is 4. The van der Waals surface area contributed by atoms with Crippen LogP contribution in [0, 0.1) is 5.92 Å². The highest BCUT2D eigenvalue weighted by Crippen LogP contribution is 2.41. The Kier molecular flexibility index (Phi) is 4.81. The monoisotopic (exact) mass is 322 g/mol. The van der Waals surface area contributed by atoms with Crippen molar-refractivity contribution in [2.75, 3.05) is 0 Å². The highest BCUT2D eigenvalue weighted by atomic mass is 28.3. The molecule has 2 atom stereocenters. The molecule has 2 heteroatoms. The van der Waals surface area contributed by atoms with E-state index in [4.69, 9.17) is 0 Å². The van der Waals surface area contributed by atoms with Crippen LogP contribution in [0.3, 0.4) is 0 Å². The molecule has 1 fully saturated rings. The second kappa shape index (κ2) is 6.84. The summed E-state index contributed by atoms with van der Waals surface area (Å²) in [4.78, 5) is 12.3. The van der Waals surface area contributed by atoms with Crippen LogP contribution >= 0.6 is 0 Å². The van der Waals surface area contributed by atoms with Gasteiger partial charge in [0.25, 0.3) is 0 Å². The molecule has 23 heavy (non-hydrogen) atoms. The summed E-state index contributed by atoms with van der Waals surface area (Å²) in [5.74, 6) is 0.626. The predicted octanol–water partition coefficient (Wildman–Crippen LogP) is 4.03. The van der Waals surface area contributed by atoms with Gasteiger partial charge in [0, 0.05) is 5.92 Å². The molecule has 3 rings (SSSR count). The second-order valence-electron chi connectivity index (χ2n) is 7.04.